The molecule has 0 saturated carbocycles. The molecule has 22 heteroatoms. The summed E-state index contributed by atoms with van der Waals surface area (Å²) in [5.74, 6) is -5.16. The number of carboxylic acids is 2. The van der Waals surface area contributed by atoms with Crippen molar-refractivity contribution >= 4 is 51.7 Å². The Morgan fingerprint density at radius 3 is 2.14 bits per heavy atom. The van der Waals surface area contributed by atoms with Crippen molar-refractivity contribution in [3.63, 3.8) is 0 Å². The molecule has 0 aliphatic carbocycles. The van der Waals surface area contributed by atoms with Crippen LogP contribution in [0.5, 0.6) is 5.75 Å². The standard InChI is InChI=1S/C32H37N7O4S.2C2HF3O2/c1-38-21-24(35-29(33)23-9-6-10-25(19-23)42-2)20-26(38)30(40)37-32-36-28(27(44-32)12-11-22-7-4-3-5-8-22)31(41)34-13-14-39-15-17-43-18-16-39;2*3-2(4,5)1(6)7/h3-10,19-21H,11-18H2,1-2H3,(H2,33,35)(H,34,41)(H,36,37,40);2*(H,6,7). The highest BCUT2D eigenvalue weighted by Gasteiger charge is 2.39. The molecule has 4 aromatic rings. The summed E-state index contributed by atoms with van der Waals surface area (Å²) in [5.41, 5.74) is 9.35. The summed E-state index contributed by atoms with van der Waals surface area (Å²) in [6.45, 7) is 4.36. The van der Waals surface area contributed by atoms with Crippen molar-refractivity contribution in [3.8, 4) is 5.75 Å². The summed E-state index contributed by atoms with van der Waals surface area (Å²) in [5, 5.41) is 20.5. The molecular formula is C36H39F6N7O8S. The number of amidine groups is 1. The Morgan fingerprint density at radius 2 is 1.55 bits per heavy atom. The van der Waals surface area contributed by atoms with E-state index in [9.17, 15) is 35.9 Å². The first-order chi connectivity index (χ1) is 27.3. The van der Waals surface area contributed by atoms with Gasteiger partial charge in [0, 0.05) is 49.9 Å². The Hall–Kier alpha value is -6.00. The third-order valence-electron chi connectivity index (χ3n) is 7.76. The van der Waals surface area contributed by atoms with E-state index in [1.54, 1.807) is 37.1 Å². The van der Waals surface area contributed by atoms with Crippen LogP contribution in [-0.4, -0.2) is 113 Å². The van der Waals surface area contributed by atoms with Crippen molar-refractivity contribution in [1.82, 2.24) is 19.8 Å². The number of thiazole rings is 1. The molecule has 2 amide bonds. The number of aliphatic carboxylic acids is 2. The SMILES string of the molecule is COc1cccc(C(N)=Nc2cc(C(=O)Nc3nc(C(=O)NCCN4CCOCC4)c(CCc4ccccc4)s3)n(C)c2)c1.O=C(O)C(F)(F)F.O=C(O)C(F)(F)F. The predicted octanol–water partition coefficient (Wildman–Crippen LogP) is 4.89. The van der Waals surface area contributed by atoms with E-state index in [2.05, 4.69) is 37.6 Å². The maximum absolute atomic E-state index is 13.3. The molecule has 1 saturated heterocycles. The lowest BCUT2D eigenvalue weighted by molar-refractivity contribution is -0.193. The molecule has 5 rings (SSSR count). The molecule has 0 unspecified atom stereocenters. The number of alkyl halides is 6. The van der Waals surface area contributed by atoms with Gasteiger partial charge in [-0.25, -0.2) is 19.6 Å². The first-order valence-electron chi connectivity index (χ1n) is 17.0. The number of anilines is 1. The van der Waals surface area contributed by atoms with Crippen LogP contribution >= 0.6 is 11.3 Å². The number of carboxylic acid groups (broad SMARTS) is 2. The van der Waals surface area contributed by atoms with Crippen LogP contribution in [0.2, 0.25) is 0 Å². The van der Waals surface area contributed by atoms with E-state index in [1.807, 2.05) is 36.4 Å². The summed E-state index contributed by atoms with van der Waals surface area (Å²) < 4.78 is 75.8. The maximum atomic E-state index is 13.3. The van der Waals surface area contributed by atoms with Crippen LogP contribution in [0.3, 0.4) is 0 Å². The lowest BCUT2D eigenvalue weighted by Gasteiger charge is -2.26. The third-order valence-corrected chi connectivity index (χ3v) is 8.79. The average molecular weight is 844 g/mol. The van der Waals surface area contributed by atoms with Crippen molar-refractivity contribution in [2.24, 2.45) is 17.8 Å². The zero-order chi connectivity index (χ0) is 43.0. The van der Waals surface area contributed by atoms with E-state index in [0.717, 1.165) is 36.5 Å². The van der Waals surface area contributed by atoms with Gasteiger partial charge in [-0.1, -0.05) is 42.5 Å². The minimum absolute atomic E-state index is 0.249. The highest BCUT2D eigenvalue weighted by Crippen LogP contribution is 2.27. The first kappa shape index (κ1) is 46.4. The van der Waals surface area contributed by atoms with Gasteiger partial charge in [0.05, 0.1) is 26.0 Å². The number of nitrogens with two attached hydrogens (primary N) is 1. The van der Waals surface area contributed by atoms with Crippen LogP contribution < -0.4 is 21.1 Å². The zero-order valence-corrected chi connectivity index (χ0v) is 31.7. The summed E-state index contributed by atoms with van der Waals surface area (Å²) in [4.78, 5) is 56.5. The number of methoxy groups -OCH3 is 1. The van der Waals surface area contributed by atoms with Crippen molar-refractivity contribution in [2.45, 2.75) is 25.2 Å². The summed E-state index contributed by atoms with van der Waals surface area (Å²) in [7, 11) is 3.35. The number of aromatic nitrogens is 2. The second-order valence-electron chi connectivity index (χ2n) is 12.0. The van der Waals surface area contributed by atoms with E-state index in [1.165, 1.54) is 11.3 Å². The number of morpholine rings is 1. The van der Waals surface area contributed by atoms with Gasteiger partial charge in [0.2, 0.25) is 0 Å². The van der Waals surface area contributed by atoms with E-state index >= 15 is 0 Å². The van der Waals surface area contributed by atoms with Crippen LogP contribution in [0, 0.1) is 0 Å². The molecule has 0 bridgehead atoms. The molecule has 2 aromatic heterocycles. The van der Waals surface area contributed by atoms with E-state index < -0.39 is 24.3 Å². The first-order valence-corrected chi connectivity index (χ1v) is 17.8. The van der Waals surface area contributed by atoms with Gasteiger partial charge in [0.25, 0.3) is 11.8 Å². The van der Waals surface area contributed by atoms with E-state index in [4.69, 9.17) is 35.0 Å². The average Bonchev–Trinajstić information content (AvgIpc) is 3.76. The third kappa shape index (κ3) is 15.2. The Bertz CT molecular complexity index is 2010. The number of rotatable bonds is 12. The van der Waals surface area contributed by atoms with Gasteiger partial charge in [-0.15, -0.1) is 11.3 Å². The number of aryl methyl sites for hydroxylation is 3. The van der Waals surface area contributed by atoms with Crippen LogP contribution in [0.4, 0.5) is 37.2 Å². The highest BCUT2D eigenvalue weighted by molar-refractivity contribution is 7.16. The Morgan fingerprint density at radius 1 is 0.931 bits per heavy atom. The van der Waals surface area contributed by atoms with Gasteiger partial charge in [0.1, 0.15) is 23.0 Å². The number of hydrogen-bond acceptors (Lipinski definition) is 10. The summed E-state index contributed by atoms with van der Waals surface area (Å²) >= 11 is 1.32. The van der Waals surface area contributed by atoms with Gasteiger partial charge in [-0.05, 0) is 36.6 Å². The Balaban J connectivity index is 0.000000550. The van der Waals surface area contributed by atoms with Crippen molar-refractivity contribution in [3.05, 3.63) is 94.3 Å². The predicted molar refractivity (Wildman–Crippen MR) is 200 cm³/mol. The lowest BCUT2D eigenvalue weighted by atomic mass is 10.1. The van der Waals surface area contributed by atoms with Gasteiger partial charge < -0.3 is 35.3 Å². The minimum atomic E-state index is -5.08. The van der Waals surface area contributed by atoms with Crippen LogP contribution in [0.1, 0.15) is 37.0 Å². The Kier molecular flexibility index (Phi) is 17.2. The number of halogens is 6. The van der Waals surface area contributed by atoms with Crippen molar-refractivity contribution < 1.29 is 65.2 Å². The molecule has 0 atom stereocenters. The van der Waals surface area contributed by atoms with Gasteiger partial charge in [-0.2, -0.15) is 26.3 Å². The molecule has 1 aliphatic heterocycles. The topological polar surface area (TPSA) is 211 Å². The molecule has 314 valence electrons. The second-order valence-corrected chi connectivity index (χ2v) is 13.1. The minimum Gasteiger partial charge on any atom is -0.497 e. The van der Waals surface area contributed by atoms with E-state index in [-0.39, 0.29) is 11.8 Å². The maximum Gasteiger partial charge on any atom is 0.490 e. The summed E-state index contributed by atoms with van der Waals surface area (Å²) in [6, 6.07) is 19.0. The fourth-order valence-electron chi connectivity index (χ4n) is 4.87. The number of carbonyl (C=O) groups excluding carboxylic acids is 2. The van der Waals surface area contributed by atoms with Gasteiger partial charge >= 0.3 is 24.3 Å². The number of nitrogens with zero attached hydrogens (tertiary/aromatic N) is 4. The molecule has 58 heavy (non-hydrogen) atoms. The number of carbonyl (C=O) groups is 4. The molecule has 6 N–H and O–H groups in total. The molecule has 3 heterocycles. The normalized spacial score (nSPS) is 13.3. The lowest BCUT2D eigenvalue weighted by Crippen LogP contribution is -2.41. The number of ether oxygens (including phenoxy) is 2. The number of nitrogens with one attached hydrogen (secondary N) is 2. The quantitative estimate of drug-likeness (QED) is 0.0736. The number of hydrogen-bond donors (Lipinski definition) is 5. The second kappa shape index (κ2) is 21.5. The molecule has 1 aliphatic rings. The largest absolute Gasteiger partial charge is 0.497 e. The fourth-order valence-corrected chi connectivity index (χ4v) is 5.82. The smallest absolute Gasteiger partial charge is 0.490 e. The van der Waals surface area contributed by atoms with Crippen LogP contribution in [0.25, 0.3) is 0 Å². The number of benzene rings is 2. The summed E-state index contributed by atoms with van der Waals surface area (Å²) in [6.07, 6.45) is -7.07. The molecule has 1 fully saturated rings. The molecular weight excluding hydrogens is 804 g/mol. The monoisotopic (exact) mass is 843 g/mol. The molecule has 0 spiro atoms. The molecule has 0 radical (unpaired) electrons. The van der Waals surface area contributed by atoms with Crippen LogP contribution in [-0.2, 0) is 34.2 Å². The Labute approximate surface area is 331 Å². The van der Waals surface area contributed by atoms with Gasteiger partial charge in [0.15, 0.2) is 5.13 Å². The number of amides is 2. The number of aliphatic imine (C=N–C) groups is 1. The van der Waals surface area contributed by atoms with E-state index in [0.29, 0.717) is 65.5 Å². The van der Waals surface area contributed by atoms with Crippen molar-refractivity contribution in [1.29, 1.82) is 0 Å². The fraction of sp³-hybridized carbons (Fsp3) is 0.333. The van der Waals surface area contributed by atoms with Crippen LogP contribution in [0.15, 0.2) is 71.9 Å². The van der Waals surface area contributed by atoms with Crippen molar-refractivity contribution in [2.75, 3.05) is 51.8 Å². The molecule has 2 aromatic carbocycles. The zero-order valence-electron chi connectivity index (χ0n) is 30.9. The van der Waals surface area contributed by atoms with Gasteiger partial charge in [-0.3, -0.25) is 19.8 Å². The molecule has 15 nitrogen and oxygen atoms in total. The highest BCUT2D eigenvalue weighted by atomic mass is 32.1.